The lowest BCUT2D eigenvalue weighted by Crippen LogP contribution is -2.59. The van der Waals surface area contributed by atoms with Crippen LogP contribution in [-0.4, -0.2) is 51.3 Å². The number of likely N-dealkylation sites (N-methyl/N-ethyl adjacent to an activating group) is 1. The van der Waals surface area contributed by atoms with E-state index >= 15 is 0 Å². The van der Waals surface area contributed by atoms with Gasteiger partial charge in [-0.2, -0.15) is 5.10 Å². The Bertz CT molecular complexity index is 942. The first-order valence-electron chi connectivity index (χ1n) is 8.82. The molecule has 1 aliphatic carbocycles. The monoisotopic (exact) mass is 335 g/mol. The molecule has 1 aliphatic heterocycles. The molecule has 7 nitrogen and oxygen atoms in total. The highest BCUT2D eigenvalue weighted by Crippen LogP contribution is 2.29. The van der Waals surface area contributed by atoms with Gasteiger partial charge in [-0.1, -0.05) is 0 Å². The van der Waals surface area contributed by atoms with Crippen LogP contribution in [0.25, 0.3) is 11.0 Å². The van der Waals surface area contributed by atoms with E-state index in [0.29, 0.717) is 6.04 Å². The fraction of sp³-hybridized carbons (Fsp3) is 0.444. The van der Waals surface area contributed by atoms with Crippen molar-refractivity contribution in [3.63, 3.8) is 0 Å². The maximum atomic E-state index is 4.51. The highest BCUT2D eigenvalue weighted by atomic mass is 15.4. The largest absolute Gasteiger partial charge is 0.354 e. The van der Waals surface area contributed by atoms with Crippen LogP contribution < -0.4 is 9.80 Å². The second-order valence-electron chi connectivity index (χ2n) is 7.11. The Balaban J connectivity index is 1.34. The molecule has 3 aromatic rings. The van der Waals surface area contributed by atoms with Crippen LogP contribution in [-0.2, 0) is 12.8 Å². The number of aryl methyl sites for hydroxylation is 3. The summed E-state index contributed by atoms with van der Waals surface area (Å²) >= 11 is 0. The summed E-state index contributed by atoms with van der Waals surface area (Å²) in [4.78, 5) is 16.8. The van der Waals surface area contributed by atoms with E-state index in [0.717, 1.165) is 54.3 Å². The van der Waals surface area contributed by atoms with Crippen LogP contribution in [0.3, 0.4) is 0 Å². The summed E-state index contributed by atoms with van der Waals surface area (Å²) in [6.07, 6.45) is 5.06. The molecule has 1 N–H and O–H groups in total. The molecule has 2 aliphatic rings. The Kier molecular flexibility index (Phi) is 3.16. The number of nitrogens with zero attached hydrogens (tertiary/aromatic N) is 6. The lowest BCUT2D eigenvalue weighted by atomic mass is 10.1. The van der Waals surface area contributed by atoms with Gasteiger partial charge >= 0.3 is 0 Å². The summed E-state index contributed by atoms with van der Waals surface area (Å²) in [5, 5.41) is 8.82. The van der Waals surface area contributed by atoms with Crippen LogP contribution >= 0.6 is 0 Å². The van der Waals surface area contributed by atoms with Crippen molar-refractivity contribution in [1.82, 2.24) is 25.1 Å². The Morgan fingerprint density at radius 1 is 1.16 bits per heavy atom. The van der Waals surface area contributed by atoms with E-state index in [1.165, 1.54) is 17.7 Å². The molecular formula is C18H21N7. The van der Waals surface area contributed by atoms with Gasteiger partial charge in [0.05, 0.1) is 17.3 Å². The van der Waals surface area contributed by atoms with Gasteiger partial charge in [0, 0.05) is 25.8 Å². The molecule has 0 atom stereocenters. The van der Waals surface area contributed by atoms with Gasteiger partial charge in [-0.25, -0.2) is 9.97 Å². The van der Waals surface area contributed by atoms with Crippen molar-refractivity contribution in [2.45, 2.75) is 32.2 Å². The molecule has 0 radical (unpaired) electrons. The van der Waals surface area contributed by atoms with Crippen molar-refractivity contribution in [2.75, 3.05) is 29.9 Å². The number of rotatable bonds is 3. The van der Waals surface area contributed by atoms with Crippen LogP contribution in [0.1, 0.15) is 23.4 Å². The van der Waals surface area contributed by atoms with E-state index in [4.69, 9.17) is 0 Å². The predicted octanol–water partition coefficient (Wildman–Crippen LogP) is 1.87. The van der Waals surface area contributed by atoms with Crippen LogP contribution in [0.2, 0.25) is 0 Å². The van der Waals surface area contributed by atoms with Crippen molar-refractivity contribution in [3.8, 4) is 0 Å². The second kappa shape index (κ2) is 5.40. The van der Waals surface area contributed by atoms with Crippen molar-refractivity contribution < 1.29 is 0 Å². The molecule has 0 spiro atoms. The first kappa shape index (κ1) is 14.6. The minimum absolute atomic E-state index is 0.414. The number of H-pyrrole nitrogens is 1. The number of aromatic amines is 1. The molecule has 5 rings (SSSR count). The molecule has 0 unspecified atom stereocenters. The molecule has 7 heteroatoms. The normalized spacial score (nSPS) is 17.0. The first-order valence-corrected chi connectivity index (χ1v) is 8.82. The number of hydrogen-bond acceptors (Lipinski definition) is 6. The maximum absolute atomic E-state index is 4.51. The van der Waals surface area contributed by atoms with Crippen molar-refractivity contribution in [1.29, 1.82) is 0 Å². The van der Waals surface area contributed by atoms with E-state index in [2.05, 4.69) is 54.1 Å². The standard InChI is InChI=1S/C18H21N7/c1-11-6-15-17(21-11)18(20-10-19-15)24(2)13-8-25(9-13)16-7-12-4-3-5-14(12)22-23-16/h6-7,10,13,21H,3-5,8-9H2,1-2H3. The minimum Gasteiger partial charge on any atom is -0.354 e. The molecule has 25 heavy (non-hydrogen) atoms. The highest BCUT2D eigenvalue weighted by molar-refractivity contribution is 5.86. The average molecular weight is 335 g/mol. The molecule has 0 aromatic carbocycles. The van der Waals surface area contributed by atoms with E-state index in [-0.39, 0.29) is 0 Å². The summed E-state index contributed by atoms with van der Waals surface area (Å²) in [6, 6.07) is 4.70. The fourth-order valence-corrected chi connectivity index (χ4v) is 3.86. The van der Waals surface area contributed by atoms with Crippen molar-refractivity contribution in [3.05, 3.63) is 35.4 Å². The molecule has 0 amide bonds. The number of aromatic nitrogens is 5. The van der Waals surface area contributed by atoms with E-state index in [1.54, 1.807) is 6.33 Å². The average Bonchev–Trinajstić information content (AvgIpc) is 3.17. The third-order valence-electron chi connectivity index (χ3n) is 5.41. The molecule has 128 valence electrons. The fourth-order valence-electron chi connectivity index (χ4n) is 3.86. The zero-order valence-corrected chi connectivity index (χ0v) is 14.5. The van der Waals surface area contributed by atoms with Crippen LogP contribution in [0.15, 0.2) is 18.5 Å². The lowest BCUT2D eigenvalue weighted by Gasteiger charge is -2.44. The number of hydrogen-bond donors (Lipinski definition) is 1. The quantitative estimate of drug-likeness (QED) is 0.788. The molecular weight excluding hydrogens is 314 g/mol. The number of fused-ring (bicyclic) bond motifs is 2. The third kappa shape index (κ3) is 2.33. The van der Waals surface area contributed by atoms with E-state index in [1.807, 2.05) is 6.92 Å². The van der Waals surface area contributed by atoms with Gasteiger partial charge in [-0.15, -0.1) is 5.10 Å². The summed E-state index contributed by atoms with van der Waals surface area (Å²) in [5.74, 6) is 1.97. The molecule has 3 aromatic heterocycles. The predicted molar refractivity (Wildman–Crippen MR) is 97.1 cm³/mol. The zero-order chi connectivity index (χ0) is 17.0. The number of anilines is 2. The van der Waals surface area contributed by atoms with Gasteiger partial charge in [0.15, 0.2) is 11.6 Å². The molecule has 0 bridgehead atoms. The molecule has 0 saturated carbocycles. The molecule has 1 fully saturated rings. The molecule has 1 saturated heterocycles. The third-order valence-corrected chi connectivity index (χ3v) is 5.41. The first-order chi connectivity index (χ1) is 12.2. The Hall–Kier alpha value is -2.70. The van der Waals surface area contributed by atoms with Crippen molar-refractivity contribution in [2.24, 2.45) is 0 Å². The lowest BCUT2D eigenvalue weighted by molar-refractivity contribution is 0.488. The zero-order valence-electron chi connectivity index (χ0n) is 14.5. The Labute approximate surface area is 146 Å². The highest BCUT2D eigenvalue weighted by Gasteiger charge is 2.33. The van der Waals surface area contributed by atoms with Crippen LogP contribution in [0.4, 0.5) is 11.6 Å². The summed E-state index contributed by atoms with van der Waals surface area (Å²) in [5.41, 5.74) is 5.65. The van der Waals surface area contributed by atoms with Crippen molar-refractivity contribution >= 4 is 22.7 Å². The summed E-state index contributed by atoms with van der Waals surface area (Å²) in [7, 11) is 2.11. The number of nitrogens with one attached hydrogen (secondary N) is 1. The second-order valence-corrected chi connectivity index (χ2v) is 7.11. The van der Waals surface area contributed by atoms with Gasteiger partial charge in [-0.05, 0) is 43.9 Å². The van der Waals surface area contributed by atoms with Gasteiger partial charge in [0.2, 0.25) is 0 Å². The van der Waals surface area contributed by atoms with Crippen LogP contribution in [0, 0.1) is 6.92 Å². The van der Waals surface area contributed by atoms with Gasteiger partial charge in [0.1, 0.15) is 11.8 Å². The Morgan fingerprint density at radius 3 is 2.92 bits per heavy atom. The topological polar surface area (TPSA) is 73.8 Å². The van der Waals surface area contributed by atoms with E-state index in [9.17, 15) is 0 Å². The van der Waals surface area contributed by atoms with Crippen LogP contribution in [0.5, 0.6) is 0 Å². The molecule has 4 heterocycles. The van der Waals surface area contributed by atoms with Gasteiger partial charge in [-0.3, -0.25) is 0 Å². The smallest absolute Gasteiger partial charge is 0.156 e. The maximum Gasteiger partial charge on any atom is 0.156 e. The summed E-state index contributed by atoms with van der Waals surface area (Å²) in [6.45, 7) is 3.92. The SMILES string of the molecule is Cc1cc2ncnc(N(C)C3CN(c4cc5c(nn4)CCC5)C3)c2[nH]1. The van der Waals surface area contributed by atoms with Gasteiger partial charge in [0.25, 0.3) is 0 Å². The summed E-state index contributed by atoms with van der Waals surface area (Å²) < 4.78 is 0. The minimum atomic E-state index is 0.414. The van der Waals surface area contributed by atoms with E-state index < -0.39 is 0 Å². The Morgan fingerprint density at radius 2 is 2.04 bits per heavy atom. The van der Waals surface area contributed by atoms with Gasteiger partial charge < -0.3 is 14.8 Å².